The average molecular weight is 160 g/mol. The molecule has 0 bridgehead atoms. The number of allylic oxidation sites excluding steroid dienone is 3. The summed E-state index contributed by atoms with van der Waals surface area (Å²) in [7, 11) is 0. The van der Waals surface area contributed by atoms with Crippen LogP contribution in [0, 0.1) is 5.92 Å². The fraction of sp³-hybridized carbons (Fsp3) is 0.400. The first-order valence-corrected chi connectivity index (χ1v) is 4.53. The van der Waals surface area contributed by atoms with Crippen LogP contribution in [0.5, 0.6) is 0 Å². The van der Waals surface area contributed by atoms with Crippen LogP contribution in [0.3, 0.4) is 0 Å². The Morgan fingerprint density at radius 3 is 3.42 bits per heavy atom. The molecule has 2 unspecified atom stereocenters. The molecular weight excluding hydrogens is 148 g/mol. The van der Waals surface area contributed by atoms with Gasteiger partial charge >= 0.3 is 0 Å². The number of hydrogen-bond donors (Lipinski definition) is 1. The van der Waals surface area contributed by atoms with Crippen LogP contribution in [0.4, 0.5) is 0 Å². The third kappa shape index (κ3) is 0.730. The number of nitrogens with zero attached hydrogens (tertiary/aromatic N) is 1. The number of hydrazine groups is 1. The Kier molecular flexibility index (Phi) is 1.21. The van der Waals surface area contributed by atoms with E-state index in [1.54, 1.807) is 0 Å². The van der Waals surface area contributed by atoms with Gasteiger partial charge < -0.3 is 5.01 Å². The smallest absolute Gasteiger partial charge is 0.0564 e. The zero-order chi connectivity index (χ0) is 7.97. The fourth-order valence-electron chi connectivity index (χ4n) is 2.30. The first kappa shape index (κ1) is 6.49. The summed E-state index contributed by atoms with van der Waals surface area (Å²) in [5, 5.41) is 2.26. The minimum absolute atomic E-state index is 0.644. The van der Waals surface area contributed by atoms with Crippen molar-refractivity contribution >= 4 is 0 Å². The van der Waals surface area contributed by atoms with Crippen molar-refractivity contribution in [1.29, 1.82) is 0 Å². The van der Waals surface area contributed by atoms with Crippen LogP contribution in [-0.2, 0) is 0 Å². The van der Waals surface area contributed by atoms with Gasteiger partial charge in [-0.05, 0) is 12.0 Å². The lowest BCUT2D eigenvalue weighted by atomic mass is 9.90. The molecule has 2 aliphatic heterocycles. The van der Waals surface area contributed by atoms with E-state index in [-0.39, 0.29) is 0 Å². The molecule has 0 saturated carbocycles. The largest absolute Gasteiger partial charge is 0.311 e. The molecule has 0 aromatic carbocycles. The van der Waals surface area contributed by atoms with Gasteiger partial charge in [-0.15, -0.1) is 0 Å². The molecule has 1 aliphatic carbocycles. The zero-order valence-electron chi connectivity index (χ0n) is 6.90. The maximum absolute atomic E-state index is 3.36. The van der Waals surface area contributed by atoms with Crippen molar-refractivity contribution in [3.8, 4) is 0 Å². The Bertz CT molecular complexity index is 288. The molecule has 0 radical (unpaired) electrons. The van der Waals surface area contributed by atoms with Gasteiger partial charge in [-0.2, -0.15) is 0 Å². The van der Waals surface area contributed by atoms with Crippen LogP contribution in [0.25, 0.3) is 0 Å². The highest BCUT2D eigenvalue weighted by molar-refractivity contribution is 5.37. The monoisotopic (exact) mass is 160 g/mol. The highest BCUT2D eigenvalue weighted by atomic mass is 15.5. The topological polar surface area (TPSA) is 15.3 Å². The van der Waals surface area contributed by atoms with E-state index < -0.39 is 0 Å². The molecule has 1 saturated heterocycles. The lowest BCUT2D eigenvalue weighted by molar-refractivity contribution is 0.276. The van der Waals surface area contributed by atoms with Gasteiger partial charge in [0.2, 0.25) is 0 Å². The summed E-state index contributed by atoms with van der Waals surface area (Å²) >= 11 is 0. The molecular formula is C10H12N2. The molecule has 0 amide bonds. The van der Waals surface area contributed by atoms with Crippen LogP contribution in [0.2, 0.25) is 0 Å². The predicted octanol–water partition coefficient (Wildman–Crippen LogP) is 1.20. The van der Waals surface area contributed by atoms with Gasteiger partial charge in [-0.1, -0.05) is 24.3 Å². The van der Waals surface area contributed by atoms with Gasteiger partial charge in [0.05, 0.1) is 6.04 Å². The summed E-state index contributed by atoms with van der Waals surface area (Å²) in [4.78, 5) is 0. The lowest BCUT2D eigenvalue weighted by Crippen LogP contribution is -2.31. The van der Waals surface area contributed by atoms with Crippen molar-refractivity contribution in [2.24, 2.45) is 5.92 Å². The molecule has 12 heavy (non-hydrogen) atoms. The van der Waals surface area contributed by atoms with Gasteiger partial charge in [0.25, 0.3) is 0 Å². The van der Waals surface area contributed by atoms with Crippen molar-refractivity contribution in [3.05, 3.63) is 36.1 Å². The SMILES string of the molecule is C1=CC2=CN3NCCC3C2C=C1. The molecule has 2 nitrogen and oxygen atoms in total. The Morgan fingerprint density at radius 2 is 2.42 bits per heavy atom. The highest BCUT2D eigenvalue weighted by Gasteiger charge is 2.36. The van der Waals surface area contributed by atoms with E-state index in [0.29, 0.717) is 12.0 Å². The van der Waals surface area contributed by atoms with Crippen molar-refractivity contribution in [2.45, 2.75) is 12.5 Å². The van der Waals surface area contributed by atoms with Crippen LogP contribution in [-0.4, -0.2) is 17.6 Å². The average Bonchev–Trinajstić information content (AvgIpc) is 2.62. The van der Waals surface area contributed by atoms with E-state index in [1.165, 1.54) is 12.0 Å². The second-order valence-corrected chi connectivity index (χ2v) is 3.57. The number of fused-ring (bicyclic) bond motifs is 3. The Labute approximate surface area is 72.2 Å². The summed E-state index contributed by atoms with van der Waals surface area (Å²) in [6.45, 7) is 1.13. The van der Waals surface area contributed by atoms with E-state index in [0.717, 1.165) is 6.54 Å². The van der Waals surface area contributed by atoms with Crippen LogP contribution >= 0.6 is 0 Å². The number of rotatable bonds is 0. The predicted molar refractivity (Wildman–Crippen MR) is 48.1 cm³/mol. The van der Waals surface area contributed by atoms with Crippen molar-refractivity contribution in [1.82, 2.24) is 10.4 Å². The summed E-state index contributed by atoms with van der Waals surface area (Å²) in [6.07, 6.45) is 12.3. The summed E-state index contributed by atoms with van der Waals surface area (Å²) in [6, 6.07) is 0.682. The fourth-order valence-corrected chi connectivity index (χ4v) is 2.30. The quantitative estimate of drug-likeness (QED) is 0.573. The van der Waals surface area contributed by atoms with Gasteiger partial charge in [-0.25, -0.2) is 5.43 Å². The molecule has 0 aromatic heterocycles. The van der Waals surface area contributed by atoms with E-state index >= 15 is 0 Å². The van der Waals surface area contributed by atoms with Crippen LogP contribution in [0.15, 0.2) is 36.1 Å². The second kappa shape index (κ2) is 2.23. The molecule has 1 N–H and O–H groups in total. The van der Waals surface area contributed by atoms with Gasteiger partial charge in [0.15, 0.2) is 0 Å². The summed E-state index contributed by atoms with van der Waals surface area (Å²) in [5.41, 5.74) is 4.82. The van der Waals surface area contributed by atoms with E-state index in [9.17, 15) is 0 Å². The molecule has 0 aromatic rings. The first-order valence-electron chi connectivity index (χ1n) is 4.53. The third-order valence-electron chi connectivity index (χ3n) is 2.90. The molecule has 2 heteroatoms. The molecule has 3 rings (SSSR count). The molecule has 2 atom stereocenters. The summed E-state index contributed by atoms with van der Waals surface area (Å²) < 4.78 is 0. The maximum atomic E-state index is 3.36. The van der Waals surface area contributed by atoms with Gasteiger partial charge in [-0.3, -0.25) is 0 Å². The maximum Gasteiger partial charge on any atom is 0.0564 e. The summed E-state index contributed by atoms with van der Waals surface area (Å²) in [5.74, 6) is 0.644. The van der Waals surface area contributed by atoms with E-state index in [2.05, 4.69) is 40.9 Å². The first-order chi connectivity index (χ1) is 5.95. The Morgan fingerprint density at radius 1 is 1.42 bits per heavy atom. The van der Waals surface area contributed by atoms with Gasteiger partial charge in [0, 0.05) is 18.7 Å². The third-order valence-corrected chi connectivity index (χ3v) is 2.90. The lowest BCUT2D eigenvalue weighted by Gasteiger charge is -2.20. The molecule has 62 valence electrons. The minimum atomic E-state index is 0.644. The van der Waals surface area contributed by atoms with E-state index in [1.807, 2.05) is 0 Å². The van der Waals surface area contributed by atoms with Crippen LogP contribution in [0.1, 0.15) is 6.42 Å². The molecule has 1 fully saturated rings. The van der Waals surface area contributed by atoms with Gasteiger partial charge in [0.1, 0.15) is 0 Å². The minimum Gasteiger partial charge on any atom is -0.311 e. The highest BCUT2D eigenvalue weighted by Crippen LogP contribution is 2.35. The standard InChI is InChI=1S/C10H12N2/c1-2-4-9-8(3-1)7-12-10(9)5-6-11-12/h1-4,7,9-11H,5-6H2. The number of hydrogen-bond acceptors (Lipinski definition) is 2. The van der Waals surface area contributed by atoms with Crippen LogP contribution < -0.4 is 5.43 Å². The Hall–Kier alpha value is -1.02. The second-order valence-electron chi connectivity index (χ2n) is 3.57. The van der Waals surface area contributed by atoms with E-state index in [4.69, 9.17) is 0 Å². The van der Waals surface area contributed by atoms with Crippen molar-refractivity contribution in [3.63, 3.8) is 0 Å². The van der Waals surface area contributed by atoms with Crippen molar-refractivity contribution < 1.29 is 0 Å². The Balaban J connectivity index is 1.99. The van der Waals surface area contributed by atoms with Crippen molar-refractivity contribution in [2.75, 3.05) is 6.54 Å². The number of nitrogens with one attached hydrogen (secondary N) is 1. The molecule has 3 aliphatic rings. The zero-order valence-corrected chi connectivity index (χ0v) is 6.90. The molecule has 0 spiro atoms. The normalized spacial score (nSPS) is 36.7. The molecule has 2 heterocycles.